The molecule has 0 unspecified atom stereocenters. The Kier molecular flexibility index (Phi) is 6.86. The highest BCUT2D eigenvalue weighted by Crippen LogP contribution is 2.47. The molecule has 0 spiro atoms. The highest BCUT2D eigenvalue weighted by atomic mass is 32.2. The molecule has 0 atom stereocenters. The van der Waals surface area contributed by atoms with Gasteiger partial charge in [-0.3, -0.25) is 4.55 Å². The van der Waals surface area contributed by atoms with Crippen molar-refractivity contribution in [3.8, 4) is 5.75 Å². The van der Waals surface area contributed by atoms with Crippen LogP contribution in [0.2, 0.25) is 0 Å². The monoisotopic (exact) mass is 500 g/mol. The lowest BCUT2D eigenvalue weighted by molar-refractivity contribution is -0.356. The molecule has 0 heterocycles. The fourth-order valence-corrected chi connectivity index (χ4v) is 3.57. The van der Waals surface area contributed by atoms with Crippen LogP contribution < -0.4 is 4.74 Å². The first-order valence-electron chi connectivity index (χ1n) is 8.61. The first kappa shape index (κ1) is 26.1. The number of alkyl halides is 6. The molecule has 0 radical (unpaired) electrons. The number of hydrogen-bond donors (Lipinski definition) is 1. The second kappa shape index (κ2) is 8.67. The highest BCUT2D eigenvalue weighted by Gasteiger charge is 2.76. The number of carbonyl (C=O) groups is 2. The first-order valence-corrected chi connectivity index (χ1v) is 10.2. The van der Waals surface area contributed by atoms with Gasteiger partial charge in [0.2, 0.25) is 0 Å². The number of esters is 2. The van der Waals surface area contributed by atoms with Crippen molar-refractivity contribution in [2.45, 2.75) is 24.9 Å². The summed E-state index contributed by atoms with van der Waals surface area (Å²) in [6.45, 7) is 4.46. The number of halogens is 6. The van der Waals surface area contributed by atoms with Gasteiger partial charge in [-0.25, -0.2) is 9.59 Å². The molecule has 0 saturated heterocycles. The van der Waals surface area contributed by atoms with Gasteiger partial charge in [0.05, 0.1) is 0 Å². The van der Waals surface area contributed by atoms with Crippen molar-refractivity contribution in [2.75, 3.05) is 5.75 Å². The van der Waals surface area contributed by atoms with Gasteiger partial charge >= 0.3 is 29.9 Å². The molecule has 0 amide bonds. The molecule has 0 aliphatic heterocycles. The van der Waals surface area contributed by atoms with Crippen LogP contribution in [0.1, 0.15) is 17.3 Å². The normalized spacial score (nSPS) is 13.0. The summed E-state index contributed by atoms with van der Waals surface area (Å²) in [6.07, 6.45) is -13.0. The van der Waals surface area contributed by atoms with Crippen LogP contribution in [0, 0.1) is 0 Å². The third-order valence-corrected chi connectivity index (χ3v) is 4.99. The molecule has 0 aliphatic carbocycles. The maximum atomic E-state index is 13.5. The molecule has 2 aromatic rings. The minimum atomic E-state index is -6.52. The van der Waals surface area contributed by atoms with E-state index in [0.717, 1.165) is 12.1 Å². The molecule has 0 saturated carbocycles. The van der Waals surface area contributed by atoms with E-state index in [1.807, 2.05) is 0 Å². The van der Waals surface area contributed by atoms with E-state index in [1.54, 1.807) is 0 Å². The lowest BCUT2D eigenvalue weighted by atomic mass is 10.0. The van der Waals surface area contributed by atoms with Crippen molar-refractivity contribution in [3.05, 3.63) is 54.1 Å². The second-order valence-corrected chi connectivity index (χ2v) is 8.22. The Morgan fingerprint density at radius 3 is 2.03 bits per heavy atom. The zero-order valence-corrected chi connectivity index (χ0v) is 17.3. The smallest absolute Gasteiger partial charge is 0.434 e. The number of rotatable bonds is 6. The lowest BCUT2D eigenvalue weighted by Gasteiger charge is -2.35. The van der Waals surface area contributed by atoms with Crippen LogP contribution in [-0.4, -0.2) is 48.6 Å². The maximum Gasteiger partial charge on any atom is 0.438 e. The number of carbonyl (C=O) groups excluding carboxylic acids is 2. The van der Waals surface area contributed by atoms with Gasteiger partial charge in [-0.15, -0.1) is 0 Å². The molecule has 33 heavy (non-hydrogen) atoms. The van der Waals surface area contributed by atoms with E-state index in [-0.39, 0.29) is 16.3 Å². The summed E-state index contributed by atoms with van der Waals surface area (Å²) < 4.78 is 121. The summed E-state index contributed by atoms with van der Waals surface area (Å²) in [5.41, 5.74) is -6.86. The topological polar surface area (TPSA) is 107 Å². The van der Waals surface area contributed by atoms with E-state index in [2.05, 4.69) is 11.3 Å². The van der Waals surface area contributed by atoms with Gasteiger partial charge in [0.25, 0.3) is 10.1 Å². The molecule has 14 heteroatoms. The summed E-state index contributed by atoms with van der Waals surface area (Å²) in [7, 11) is -5.97. The molecule has 2 aromatic carbocycles. The largest absolute Gasteiger partial charge is 0.438 e. The fraction of sp³-hybridized carbons (Fsp3) is 0.263. The fourth-order valence-electron chi connectivity index (χ4n) is 2.67. The minimum Gasteiger partial charge on any atom is -0.434 e. The van der Waals surface area contributed by atoms with Gasteiger partial charge in [0.1, 0.15) is 17.1 Å². The zero-order valence-electron chi connectivity index (χ0n) is 16.5. The number of ether oxygens (including phenoxy) is 2. The van der Waals surface area contributed by atoms with Crippen LogP contribution in [0.4, 0.5) is 26.3 Å². The van der Waals surface area contributed by atoms with E-state index >= 15 is 0 Å². The lowest BCUT2D eigenvalue weighted by Crippen LogP contribution is -2.63. The van der Waals surface area contributed by atoms with Crippen LogP contribution >= 0.6 is 0 Å². The van der Waals surface area contributed by atoms with E-state index < -0.39 is 57.1 Å². The van der Waals surface area contributed by atoms with Crippen molar-refractivity contribution in [2.24, 2.45) is 0 Å². The van der Waals surface area contributed by atoms with Crippen LogP contribution in [0.25, 0.3) is 10.8 Å². The Morgan fingerprint density at radius 2 is 1.55 bits per heavy atom. The Balaban J connectivity index is 2.77. The predicted octanol–water partition coefficient (Wildman–Crippen LogP) is 4.23. The van der Waals surface area contributed by atoms with E-state index in [1.165, 1.54) is 31.2 Å². The number of benzene rings is 2. The van der Waals surface area contributed by atoms with E-state index in [4.69, 9.17) is 9.29 Å². The average Bonchev–Trinajstić information content (AvgIpc) is 2.64. The van der Waals surface area contributed by atoms with E-state index in [9.17, 15) is 44.3 Å². The number of hydrogen-bond acceptors (Lipinski definition) is 6. The zero-order chi connectivity index (χ0) is 25.4. The average molecular weight is 500 g/mol. The minimum absolute atomic E-state index is 0.138. The Hall–Kier alpha value is -3.13. The third kappa shape index (κ3) is 5.45. The van der Waals surface area contributed by atoms with Crippen molar-refractivity contribution in [1.29, 1.82) is 0 Å². The molecule has 2 rings (SSSR count). The summed E-state index contributed by atoms with van der Waals surface area (Å²) in [6, 6.07) is 7.36. The van der Waals surface area contributed by atoms with Gasteiger partial charge < -0.3 is 9.47 Å². The van der Waals surface area contributed by atoms with Crippen LogP contribution in [0.15, 0.2) is 48.6 Å². The molecule has 0 fully saturated rings. The quantitative estimate of drug-likeness (QED) is 0.208. The number of fused-ring (bicyclic) bond motifs is 1. The van der Waals surface area contributed by atoms with Gasteiger partial charge in [-0.2, -0.15) is 34.8 Å². The van der Waals surface area contributed by atoms with Crippen molar-refractivity contribution in [3.63, 3.8) is 0 Å². The molecule has 1 N–H and O–H groups in total. The van der Waals surface area contributed by atoms with E-state index in [0.29, 0.717) is 0 Å². The summed E-state index contributed by atoms with van der Waals surface area (Å²) in [5.74, 6) is -7.29. The third-order valence-electron chi connectivity index (χ3n) is 4.21. The molecule has 0 aromatic heterocycles. The summed E-state index contributed by atoms with van der Waals surface area (Å²) in [4.78, 5) is 24.6. The van der Waals surface area contributed by atoms with Crippen LogP contribution in [-0.2, 0) is 19.6 Å². The van der Waals surface area contributed by atoms with Crippen molar-refractivity contribution >= 4 is 32.8 Å². The van der Waals surface area contributed by atoms with Crippen molar-refractivity contribution < 1.29 is 58.4 Å². The van der Waals surface area contributed by atoms with Crippen LogP contribution in [0.5, 0.6) is 5.75 Å². The molecule has 0 bridgehead atoms. The SMILES string of the molecule is C=C(C)C(=O)Oc1ccc2ccccc2c1C(=O)OC(CS(=O)(=O)O)(C(F)(F)F)C(F)(F)F. The standard InChI is InChI=1S/C19H14F6O7S/c1-10(2)15(26)31-13-8-7-11-5-3-4-6-12(11)14(13)16(27)32-17(18(20,21)22,19(23,24)25)9-33(28,29)30/h3-8H,1,9H2,2H3,(H,28,29,30). The summed E-state index contributed by atoms with van der Waals surface area (Å²) >= 11 is 0. The molecule has 180 valence electrons. The van der Waals surface area contributed by atoms with Gasteiger partial charge in [-0.1, -0.05) is 36.9 Å². The Bertz CT molecular complexity index is 1200. The van der Waals surface area contributed by atoms with Gasteiger partial charge in [-0.05, 0) is 23.8 Å². The van der Waals surface area contributed by atoms with Gasteiger partial charge in [0.15, 0.2) is 0 Å². The predicted molar refractivity (Wildman–Crippen MR) is 101 cm³/mol. The Morgan fingerprint density at radius 1 is 1.00 bits per heavy atom. The molecular formula is C19H14F6O7S. The molecular weight excluding hydrogens is 486 g/mol. The highest BCUT2D eigenvalue weighted by molar-refractivity contribution is 7.85. The van der Waals surface area contributed by atoms with Crippen LogP contribution in [0.3, 0.4) is 0 Å². The molecule has 0 aliphatic rings. The maximum absolute atomic E-state index is 13.5. The second-order valence-electron chi connectivity index (χ2n) is 6.77. The molecule has 7 nitrogen and oxygen atoms in total. The Labute approximate surface area is 182 Å². The summed E-state index contributed by atoms with van der Waals surface area (Å²) in [5, 5.41) is -0.126. The van der Waals surface area contributed by atoms with Gasteiger partial charge in [0, 0.05) is 5.57 Å². The first-order chi connectivity index (χ1) is 14.9. The van der Waals surface area contributed by atoms with Crippen molar-refractivity contribution in [1.82, 2.24) is 0 Å².